The van der Waals surface area contributed by atoms with E-state index >= 15 is 0 Å². The lowest BCUT2D eigenvalue weighted by Gasteiger charge is -2.09. The molecule has 6 heteroatoms. The number of benzene rings is 1. The molecular weight excluding hydrogens is 374 g/mol. The molecule has 2 aromatic rings. The van der Waals surface area contributed by atoms with E-state index in [9.17, 15) is 0 Å². The number of nitrogens with zero attached hydrogens (tertiary/aromatic N) is 1. The van der Waals surface area contributed by atoms with Gasteiger partial charge < -0.3 is 10.5 Å². The third kappa shape index (κ3) is 3.54. The molecule has 1 aromatic heterocycles. The molecule has 0 fully saturated rings. The second-order valence-corrected chi connectivity index (χ2v) is 5.70. The fourth-order valence-electron chi connectivity index (χ4n) is 1.52. The molecule has 98 valence electrons. The van der Waals surface area contributed by atoms with E-state index in [-0.39, 0.29) is 5.84 Å². The molecule has 0 saturated carbocycles. The lowest BCUT2D eigenvalue weighted by Crippen LogP contribution is -2.11. The predicted molar refractivity (Wildman–Crippen MR) is 81.9 cm³/mol. The first-order valence-electron chi connectivity index (χ1n) is 5.41. The van der Waals surface area contributed by atoms with E-state index < -0.39 is 0 Å². The molecule has 0 radical (unpaired) electrons. The van der Waals surface area contributed by atoms with Crippen molar-refractivity contribution in [2.24, 2.45) is 5.73 Å². The molecule has 1 aromatic carbocycles. The van der Waals surface area contributed by atoms with Crippen molar-refractivity contribution in [3.63, 3.8) is 0 Å². The van der Waals surface area contributed by atoms with Crippen LogP contribution in [0, 0.1) is 12.3 Å². The molecule has 0 aliphatic carbocycles. The van der Waals surface area contributed by atoms with Crippen LogP contribution >= 0.6 is 31.9 Å². The Balaban J connectivity index is 2.35. The molecular formula is C13H11Br2N3O. The van der Waals surface area contributed by atoms with Crippen molar-refractivity contribution in [3.05, 3.63) is 50.5 Å². The third-order valence-corrected chi connectivity index (χ3v) is 3.46. The van der Waals surface area contributed by atoms with Crippen molar-refractivity contribution >= 4 is 37.7 Å². The zero-order chi connectivity index (χ0) is 14.0. The van der Waals surface area contributed by atoms with Crippen molar-refractivity contribution in [3.8, 4) is 11.6 Å². The normalized spacial score (nSPS) is 10.3. The van der Waals surface area contributed by atoms with Crippen LogP contribution in [0.5, 0.6) is 11.6 Å². The largest absolute Gasteiger partial charge is 0.438 e. The van der Waals surface area contributed by atoms with Gasteiger partial charge in [0.05, 0.1) is 4.47 Å². The van der Waals surface area contributed by atoms with E-state index in [0.29, 0.717) is 17.2 Å². The highest BCUT2D eigenvalue weighted by Gasteiger charge is 2.07. The van der Waals surface area contributed by atoms with Gasteiger partial charge in [-0.1, -0.05) is 15.9 Å². The van der Waals surface area contributed by atoms with Gasteiger partial charge in [-0.2, -0.15) is 0 Å². The van der Waals surface area contributed by atoms with Crippen LogP contribution in [0.25, 0.3) is 0 Å². The molecule has 2 rings (SSSR count). The van der Waals surface area contributed by atoms with Gasteiger partial charge in [0.25, 0.3) is 0 Å². The van der Waals surface area contributed by atoms with E-state index in [1.807, 2.05) is 25.1 Å². The minimum atomic E-state index is -0.00905. The summed E-state index contributed by atoms with van der Waals surface area (Å²) in [5.41, 5.74) is 6.82. The fourth-order valence-corrected chi connectivity index (χ4v) is 2.64. The summed E-state index contributed by atoms with van der Waals surface area (Å²) >= 11 is 6.80. The standard InChI is InChI=1S/C13H11Br2N3O/c1-7-4-8(13(16)17)5-12(18-7)19-11-3-2-9(14)6-10(11)15/h2-6H,1H3,(H3,16,17). The van der Waals surface area contributed by atoms with Crippen LogP contribution < -0.4 is 10.5 Å². The van der Waals surface area contributed by atoms with Crippen molar-refractivity contribution < 1.29 is 4.74 Å². The van der Waals surface area contributed by atoms with Gasteiger partial charge in [0.15, 0.2) is 0 Å². The summed E-state index contributed by atoms with van der Waals surface area (Å²) in [6.07, 6.45) is 0. The predicted octanol–water partition coefficient (Wildman–Crippen LogP) is 3.99. The van der Waals surface area contributed by atoms with Crippen molar-refractivity contribution in [2.75, 3.05) is 0 Å². The van der Waals surface area contributed by atoms with E-state index in [1.165, 1.54) is 0 Å². The van der Waals surface area contributed by atoms with Gasteiger partial charge >= 0.3 is 0 Å². The summed E-state index contributed by atoms with van der Waals surface area (Å²) in [7, 11) is 0. The number of nitrogen functional groups attached to an aromatic ring is 1. The number of nitrogens with two attached hydrogens (primary N) is 1. The lowest BCUT2D eigenvalue weighted by atomic mass is 10.2. The van der Waals surface area contributed by atoms with Crippen LogP contribution in [-0.4, -0.2) is 10.8 Å². The molecule has 0 unspecified atom stereocenters. The summed E-state index contributed by atoms with van der Waals surface area (Å²) < 4.78 is 7.47. The average molecular weight is 385 g/mol. The second-order valence-electron chi connectivity index (χ2n) is 3.93. The molecule has 4 nitrogen and oxygen atoms in total. The molecule has 0 aliphatic heterocycles. The van der Waals surface area contributed by atoms with Crippen LogP contribution in [0.1, 0.15) is 11.3 Å². The molecule has 0 amide bonds. The summed E-state index contributed by atoms with van der Waals surface area (Å²) in [4.78, 5) is 4.27. The smallest absolute Gasteiger partial charge is 0.220 e. The number of aromatic nitrogens is 1. The molecule has 0 atom stereocenters. The fraction of sp³-hybridized carbons (Fsp3) is 0.0769. The summed E-state index contributed by atoms with van der Waals surface area (Å²) in [6.45, 7) is 1.83. The van der Waals surface area contributed by atoms with Gasteiger partial charge in [-0.05, 0) is 47.1 Å². The first kappa shape index (κ1) is 14.0. The van der Waals surface area contributed by atoms with Crippen LogP contribution in [-0.2, 0) is 0 Å². The number of aryl methyl sites for hydroxylation is 1. The Labute approximate surface area is 127 Å². The van der Waals surface area contributed by atoms with Crippen molar-refractivity contribution in [1.29, 1.82) is 5.41 Å². The first-order valence-corrected chi connectivity index (χ1v) is 7.00. The minimum absolute atomic E-state index is 0.00905. The number of hydrogen-bond donors (Lipinski definition) is 2. The third-order valence-electron chi connectivity index (χ3n) is 2.35. The number of amidine groups is 1. The van der Waals surface area contributed by atoms with E-state index in [2.05, 4.69) is 36.8 Å². The maximum absolute atomic E-state index is 7.46. The Hall–Kier alpha value is -1.40. The average Bonchev–Trinajstić information content (AvgIpc) is 2.32. The van der Waals surface area contributed by atoms with E-state index in [1.54, 1.807) is 12.1 Å². The highest BCUT2D eigenvalue weighted by Crippen LogP contribution is 2.31. The number of hydrogen-bond acceptors (Lipinski definition) is 3. The zero-order valence-corrected chi connectivity index (χ0v) is 13.2. The number of rotatable bonds is 3. The molecule has 3 N–H and O–H groups in total. The van der Waals surface area contributed by atoms with Crippen LogP contribution in [0.15, 0.2) is 39.3 Å². The van der Waals surface area contributed by atoms with Crippen molar-refractivity contribution in [1.82, 2.24) is 4.98 Å². The van der Waals surface area contributed by atoms with Crippen LogP contribution in [0.3, 0.4) is 0 Å². The maximum Gasteiger partial charge on any atom is 0.220 e. The number of pyridine rings is 1. The van der Waals surface area contributed by atoms with Gasteiger partial charge in [0, 0.05) is 21.8 Å². The number of halogens is 2. The van der Waals surface area contributed by atoms with E-state index in [0.717, 1.165) is 14.6 Å². The Morgan fingerprint density at radius 1 is 1.26 bits per heavy atom. The molecule has 0 aliphatic rings. The Morgan fingerprint density at radius 3 is 2.63 bits per heavy atom. The Kier molecular flexibility index (Phi) is 4.21. The number of ether oxygens (including phenoxy) is 1. The van der Waals surface area contributed by atoms with Crippen LogP contribution in [0.2, 0.25) is 0 Å². The minimum Gasteiger partial charge on any atom is -0.438 e. The second kappa shape index (κ2) is 5.71. The molecule has 1 heterocycles. The Bertz CT molecular complexity index is 644. The molecule has 0 saturated heterocycles. The van der Waals surface area contributed by atoms with Gasteiger partial charge in [0.2, 0.25) is 5.88 Å². The zero-order valence-electron chi connectivity index (χ0n) is 10.1. The van der Waals surface area contributed by atoms with Gasteiger partial charge in [-0.3, -0.25) is 5.41 Å². The quantitative estimate of drug-likeness (QED) is 0.620. The topological polar surface area (TPSA) is 72.0 Å². The lowest BCUT2D eigenvalue weighted by molar-refractivity contribution is 0.458. The van der Waals surface area contributed by atoms with Gasteiger partial charge in [0.1, 0.15) is 11.6 Å². The summed E-state index contributed by atoms with van der Waals surface area (Å²) in [5, 5.41) is 7.46. The van der Waals surface area contributed by atoms with E-state index in [4.69, 9.17) is 15.9 Å². The van der Waals surface area contributed by atoms with Crippen molar-refractivity contribution in [2.45, 2.75) is 6.92 Å². The molecule has 0 spiro atoms. The maximum atomic E-state index is 7.46. The van der Waals surface area contributed by atoms with Gasteiger partial charge in [-0.25, -0.2) is 4.98 Å². The molecule has 19 heavy (non-hydrogen) atoms. The Morgan fingerprint density at radius 2 is 2.00 bits per heavy atom. The summed E-state index contributed by atoms with van der Waals surface area (Å²) in [6, 6.07) is 8.97. The SMILES string of the molecule is Cc1cc(C(=N)N)cc(Oc2ccc(Br)cc2Br)n1. The highest BCUT2D eigenvalue weighted by molar-refractivity contribution is 9.11. The monoisotopic (exact) mass is 383 g/mol. The number of nitrogens with one attached hydrogen (secondary N) is 1. The highest BCUT2D eigenvalue weighted by atomic mass is 79.9. The first-order chi connectivity index (χ1) is 8.95. The van der Waals surface area contributed by atoms with Crippen LogP contribution in [0.4, 0.5) is 0 Å². The van der Waals surface area contributed by atoms with Gasteiger partial charge in [-0.15, -0.1) is 0 Å². The summed E-state index contributed by atoms with van der Waals surface area (Å²) in [5.74, 6) is 1.05. The molecule has 0 bridgehead atoms.